The highest BCUT2D eigenvalue weighted by Gasteiger charge is 2.29. The first kappa shape index (κ1) is 18.1. The van der Waals surface area contributed by atoms with Gasteiger partial charge >= 0.3 is 0 Å². The van der Waals surface area contributed by atoms with Crippen LogP contribution in [0.25, 0.3) is 6.08 Å². The van der Waals surface area contributed by atoms with E-state index < -0.39 is 0 Å². The van der Waals surface area contributed by atoms with Crippen molar-refractivity contribution in [3.05, 3.63) is 106 Å². The Morgan fingerprint density at radius 2 is 1.39 bits per heavy atom. The Balaban J connectivity index is 1.81. The largest absolute Gasteiger partial charge is 0.282 e. The molecule has 0 saturated carbocycles. The van der Waals surface area contributed by atoms with Crippen LogP contribution in [0.15, 0.2) is 83.5 Å². The van der Waals surface area contributed by atoms with Crippen molar-refractivity contribution in [2.45, 2.75) is 0 Å². The third-order valence-corrected chi connectivity index (χ3v) is 4.54. The second-order valence-corrected chi connectivity index (χ2v) is 6.64. The topological polar surface area (TPSA) is 39.5 Å². The molecule has 0 atom stereocenters. The fraction of sp³-hybridized carbons (Fsp3) is 0. The summed E-state index contributed by atoms with van der Waals surface area (Å²) in [6.07, 6.45) is 1.76. The summed E-state index contributed by atoms with van der Waals surface area (Å²) in [7, 11) is 0. The van der Waals surface area contributed by atoms with Gasteiger partial charge in [-0.1, -0.05) is 23.7 Å². The molecular formula is C22H14ClF2N3. The Labute approximate surface area is 165 Å². The molecule has 28 heavy (non-hydrogen) atoms. The van der Waals surface area contributed by atoms with Gasteiger partial charge in [0, 0.05) is 16.2 Å². The van der Waals surface area contributed by atoms with Gasteiger partial charge in [0.15, 0.2) is 5.84 Å². The van der Waals surface area contributed by atoms with Crippen LogP contribution in [0.4, 0.5) is 14.5 Å². The van der Waals surface area contributed by atoms with Crippen molar-refractivity contribution >= 4 is 34.9 Å². The van der Waals surface area contributed by atoms with Crippen molar-refractivity contribution in [3.8, 4) is 0 Å². The highest BCUT2D eigenvalue weighted by molar-refractivity contribution is 6.38. The second-order valence-electron chi connectivity index (χ2n) is 6.20. The van der Waals surface area contributed by atoms with E-state index in [2.05, 4.69) is 5.10 Å². The third kappa shape index (κ3) is 3.57. The summed E-state index contributed by atoms with van der Waals surface area (Å²) in [4.78, 5) is 0. The maximum atomic E-state index is 13.4. The van der Waals surface area contributed by atoms with Gasteiger partial charge in [-0.3, -0.25) is 5.41 Å². The zero-order valence-electron chi connectivity index (χ0n) is 14.5. The van der Waals surface area contributed by atoms with E-state index in [0.29, 0.717) is 27.6 Å². The van der Waals surface area contributed by atoms with Gasteiger partial charge in [-0.05, 0) is 72.3 Å². The Morgan fingerprint density at radius 3 is 2.00 bits per heavy atom. The summed E-state index contributed by atoms with van der Waals surface area (Å²) < 4.78 is 26.6. The Bertz CT molecular complexity index is 1090. The number of hydrazone groups is 1. The number of nitrogens with one attached hydrogen (secondary N) is 1. The third-order valence-electron chi connectivity index (χ3n) is 4.29. The molecule has 1 N–H and O–H groups in total. The van der Waals surface area contributed by atoms with Gasteiger partial charge < -0.3 is 0 Å². The van der Waals surface area contributed by atoms with E-state index in [1.165, 1.54) is 29.3 Å². The van der Waals surface area contributed by atoms with E-state index in [-0.39, 0.29) is 17.5 Å². The van der Waals surface area contributed by atoms with E-state index in [9.17, 15) is 8.78 Å². The molecule has 1 heterocycles. The second kappa shape index (κ2) is 7.37. The number of amidine groups is 1. The Morgan fingerprint density at radius 1 is 0.821 bits per heavy atom. The van der Waals surface area contributed by atoms with Gasteiger partial charge in [0.05, 0.1) is 5.69 Å². The van der Waals surface area contributed by atoms with Crippen LogP contribution in [0.1, 0.15) is 11.1 Å². The maximum absolute atomic E-state index is 13.4. The molecule has 0 amide bonds. The normalized spacial score (nSPS) is 15.2. The van der Waals surface area contributed by atoms with Crippen molar-refractivity contribution in [1.29, 1.82) is 5.41 Å². The van der Waals surface area contributed by atoms with E-state index in [0.717, 1.165) is 5.56 Å². The van der Waals surface area contributed by atoms with E-state index >= 15 is 0 Å². The number of benzene rings is 3. The number of nitrogens with zero attached hydrogens (tertiary/aromatic N) is 2. The van der Waals surface area contributed by atoms with Crippen molar-refractivity contribution in [1.82, 2.24) is 0 Å². The minimum atomic E-state index is -0.351. The lowest BCUT2D eigenvalue weighted by Crippen LogP contribution is -2.20. The molecule has 4 rings (SSSR count). The highest BCUT2D eigenvalue weighted by Crippen LogP contribution is 2.29. The number of hydrogen-bond donors (Lipinski definition) is 1. The fourth-order valence-corrected chi connectivity index (χ4v) is 3.01. The fourth-order valence-electron chi connectivity index (χ4n) is 2.88. The summed E-state index contributed by atoms with van der Waals surface area (Å²) in [6, 6.07) is 18.9. The zero-order valence-corrected chi connectivity index (χ0v) is 15.3. The molecule has 0 radical (unpaired) electrons. The molecule has 1 aliphatic rings. The lowest BCUT2D eigenvalue weighted by molar-refractivity contribution is 0.627. The van der Waals surface area contributed by atoms with Gasteiger partial charge in [0.25, 0.3) is 0 Å². The molecule has 6 heteroatoms. The lowest BCUT2D eigenvalue weighted by atomic mass is 10.00. The predicted octanol–water partition coefficient (Wildman–Crippen LogP) is 5.90. The smallest absolute Gasteiger partial charge is 0.156 e. The average molecular weight is 394 g/mol. The number of halogens is 3. The quantitative estimate of drug-likeness (QED) is 0.591. The molecule has 3 nitrogen and oxygen atoms in total. The molecule has 0 aliphatic carbocycles. The van der Waals surface area contributed by atoms with Gasteiger partial charge in [-0.25, -0.2) is 13.8 Å². The average Bonchev–Trinajstić information content (AvgIpc) is 3.01. The molecule has 0 spiro atoms. The standard InChI is InChI=1S/C22H14ClF2N3/c23-16-5-11-19(12-6-16)28-22(26)20(13-14-1-7-17(24)8-2-14)21(27-28)15-3-9-18(25)10-4-15/h1-13,26H/b20-13+,26-22?. The summed E-state index contributed by atoms with van der Waals surface area (Å²) in [5, 5.41) is 15.3. The van der Waals surface area contributed by atoms with Crippen LogP contribution in [-0.2, 0) is 0 Å². The molecule has 0 bridgehead atoms. The van der Waals surface area contributed by atoms with E-state index in [1.807, 2.05) is 0 Å². The van der Waals surface area contributed by atoms with E-state index in [1.54, 1.807) is 54.6 Å². The monoisotopic (exact) mass is 393 g/mol. The van der Waals surface area contributed by atoms with Crippen LogP contribution < -0.4 is 5.01 Å². The van der Waals surface area contributed by atoms with Crippen LogP contribution >= 0.6 is 11.6 Å². The van der Waals surface area contributed by atoms with Crippen LogP contribution in [-0.4, -0.2) is 11.5 Å². The molecular weight excluding hydrogens is 380 g/mol. The van der Waals surface area contributed by atoms with Crippen molar-refractivity contribution < 1.29 is 8.78 Å². The Kier molecular flexibility index (Phi) is 4.75. The molecule has 3 aromatic rings. The van der Waals surface area contributed by atoms with Crippen LogP contribution in [0.2, 0.25) is 5.02 Å². The number of hydrogen-bond acceptors (Lipinski definition) is 2. The van der Waals surface area contributed by atoms with Gasteiger partial charge in [0.2, 0.25) is 0 Å². The van der Waals surface area contributed by atoms with Crippen LogP contribution in [0.5, 0.6) is 0 Å². The first-order valence-corrected chi connectivity index (χ1v) is 8.86. The van der Waals surface area contributed by atoms with E-state index in [4.69, 9.17) is 17.0 Å². The molecule has 138 valence electrons. The molecule has 0 unspecified atom stereocenters. The summed E-state index contributed by atoms with van der Waals surface area (Å²) in [6.45, 7) is 0. The summed E-state index contributed by atoms with van der Waals surface area (Å²) >= 11 is 5.96. The first-order valence-electron chi connectivity index (χ1n) is 8.48. The predicted molar refractivity (Wildman–Crippen MR) is 109 cm³/mol. The molecule has 0 saturated heterocycles. The summed E-state index contributed by atoms with van der Waals surface area (Å²) in [5.74, 6) is -0.527. The summed E-state index contributed by atoms with van der Waals surface area (Å²) in [5.41, 5.74) is 3.17. The molecule has 1 aliphatic heterocycles. The maximum Gasteiger partial charge on any atom is 0.156 e. The zero-order chi connectivity index (χ0) is 19.7. The molecule has 0 aromatic heterocycles. The molecule has 0 fully saturated rings. The SMILES string of the molecule is N=C1/C(=C/c2ccc(F)cc2)C(c2ccc(F)cc2)=NN1c1ccc(Cl)cc1. The minimum absolute atomic E-state index is 0.158. The van der Waals surface area contributed by atoms with Crippen molar-refractivity contribution in [2.75, 3.05) is 5.01 Å². The van der Waals surface area contributed by atoms with Crippen molar-refractivity contribution in [2.24, 2.45) is 5.10 Å². The minimum Gasteiger partial charge on any atom is -0.282 e. The number of rotatable bonds is 3. The Hall–Kier alpha value is -3.31. The highest BCUT2D eigenvalue weighted by atomic mass is 35.5. The van der Waals surface area contributed by atoms with Crippen LogP contribution in [0, 0.1) is 17.0 Å². The molecule has 3 aromatic carbocycles. The first-order chi connectivity index (χ1) is 13.5. The van der Waals surface area contributed by atoms with Gasteiger partial charge in [0.1, 0.15) is 17.3 Å². The van der Waals surface area contributed by atoms with Gasteiger partial charge in [-0.2, -0.15) is 5.10 Å². The number of anilines is 1. The van der Waals surface area contributed by atoms with Gasteiger partial charge in [-0.15, -0.1) is 0 Å². The van der Waals surface area contributed by atoms with Crippen LogP contribution in [0.3, 0.4) is 0 Å². The van der Waals surface area contributed by atoms with Crippen molar-refractivity contribution in [3.63, 3.8) is 0 Å². The lowest BCUT2D eigenvalue weighted by Gasteiger charge is -2.14.